The highest BCUT2D eigenvalue weighted by Gasteiger charge is 2.33. The first-order chi connectivity index (χ1) is 17.1. The van der Waals surface area contributed by atoms with Gasteiger partial charge in [0.1, 0.15) is 11.2 Å². The highest BCUT2D eigenvalue weighted by atomic mass is 16.3. The summed E-state index contributed by atoms with van der Waals surface area (Å²) in [6, 6.07) is 27.1. The summed E-state index contributed by atoms with van der Waals surface area (Å²) >= 11 is 0. The minimum absolute atomic E-state index is 0.104. The number of hydrogen-bond acceptors (Lipinski definition) is 3. The Bertz CT molecular complexity index is 1580. The predicted molar refractivity (Wildman–Crippen MR) is 142 cm³/mol. The van der Waals surface area contributed by atoms with E-state index in [9.17, 15) is 5.26 Å². The summed E-state index contributed by atoms with van der Waals surface area (Å²) in [4.78, 5) is 4.79. The molecule has 0 unspecified atom stereocenters. The summed E-state index contributed by atoms with van der Waals surface area (Å²) in [5.41, 5.74) is 7.75. The van der Waals surface area contributed by atoms with E-state index in [-0.39, 0.29) is 5.41 Å². The molecule has 0 saturated heterocycles. The van der Waals surface area contributed by atoms with E-state index in [4.69, 9.17) is 9.40 Å². The third-order valence-corrected chi connectivity index (χ3v) is 7.99. The second-order valence-electron chi connectivity index (χ2n) is 10.3. The van der Waals surface area contributed by atoms with Crippen LogP contribution in [0.1, 0.15) is 50.7 Å². The molecular weight excluding hydrogens is 428 g/mol. The molecule has 0 N–H and O–H groups in total. The van der Waals surface area contributed by atoms with Crippen LogP contribution in [-0.4, -0.2) is 4.98 Å². The van der Waals surface area contributed by atoms with Crippen LogP contribution < -0.4 is 0 Å². The largest absolute Gasteiger partial charge is 0.455 e. The van der Waals surface area contributed by atoms with Crippen molar-refractivity contribution in [2.24, 2.45) is 5.92 Å². The van der Waals surface area contributed by atoms with Crippen LogP contribution in [0.2, 0.25) is 0 Å². The van der Waals surface area contributed by atoms with Gasteiger partial charge in [0.25, 0.3) is 0 Å². The predicted octanol–water partition coefficient (Wildman–Crippen LogP) is 8.65. The third-order valence-electron chi connectivity index (χ3n) is 7.99. The van der Waals surface area contributed by atoms with Gasteiger partial charge in [-0.3, -0.25) is 4.98 Å². The molecule has 0 amide bonds. The molecule has 3 heteroatoms. The van der Waals surface area contributed by atoms with Gasteiger partial charge in [-0.15, -0.1) is 0 Å². The van der Waals surface area contributed by atoms with Gasteiger partial charge in [0.05, 0.1) is 17.3 Å². The molecule has 1 fully saturated rings. The monoisotopic (exact) mass is 456 g/mol. The zero-order valence-electron chi connectivity index (χ0n) is 20.2. The molecular formula is C32H28N2O. The van der Waals surface area contributed by atoms with Crippen molar-refractivity contribution in [2.75, 3.05) is 0 Å². The molecule has 0 atom stereocenters. The Hall–Kier alpha value is -3.90. The van der Waals surface area contributed by atoms with Gasteiger partial charge in [0, 0.05) is 22.5 Å². The highest BCUT2D eigenvalue weighted by Crippen LogP contribution is 2.44. The smallest absolute Gasteiger partial charge is 0.145 e. The quantitative estimate of drug-likeness (QED) is 0.272. The Balaban J connectivity index is 1.58. The number of pyridine rings is 1. The summed E-state index contributed by atoms with van der Waals surface area (Å²) in [6.45, 7) is 4.75. The van der Waals surface area contributed by atoms with Crippen LogP contribution in [0.4, 0.5) is 0 Å². The van der Waals surface area contributed by atoms with Crippen LogP contribution in [0, 0.1) is 17.2 Å². The van der Waals surface area contributed by atoms with E-state index >= 15 is 0 Å². The molecule has 3 nitrogen and oxygen atoms in total. The lowest BCUT2D eigenvalue weighted by Gasteiger charge is -2.32. The Morgan fingerprint density at radius 3 is 2.46 bits per heavy atom. The number of hydrogen-bond donors (Lipinski definition) is 0. The molecule has 3 aromatic carbocycles. The van der Waals surface area contributed by atoms with E-state index < -0.39 is 0 Å². The molecule has 35 heavy (non-hydrogen) atoms. The summed E-state index contributed by atoms with van der Waals surface area (Å²) in [7, 11) is 0. The highest BCUT2D eigenvalue weighted by molar-refractivity contribution is 6.16. The van der Waals surface area contributed by atoms with Crippen molar-refractivity contribution in [3.8, 4) is 28.5 Å². The molecule has 6 rings (SSSR count). The van der Waals surface area contributed by atoms with Crippen molar-refractivity contribution in [3.05, 3.63) is 90.1 Å². The van der Waals surface area contributed by atoms with Crippen LogP contribution in [0.5, 0.6) is 0 Å². The van der Waals surface area contributed by atoms with E-state index in [1.165, 1.54) is 31.2 Å². The average molecular weight is 457 g/mol. The number of benzene rings is 3. The van der Waals surface area contributed by atoms with Gasteiger partial charge in [-0.2, -0.15) is 5.26 Å². The van der Waals surface area contributed by atoms with Crippen LogP contribution in [0.25, 0.3) is 44.3 Å². The first-order valence-corrected chi connectivity index (χ1v) is 12.5. The van der Waals surface area contributed by atoms with Gasteiger partial charge >= 0.3 is 0 Å². The zero-order chi connectivity index (χ0) is 24.0. The van der Waals surface area contributed by atoms with Gasteiger partial charge in [0.15, 0.2) is 0 Å². The van der Waals surface area contributed by atoms with Gasteiger partial charge in [0.2, 0.25) is 0 Å². The summed E-state index contributed by atoms with van der Waals surface area (Å²) < 4.78 is 6.48. The van der Waals surface area contributed by atoms with Gasteiger partial charge in [-0.05, 0) is 77.3 Å². The zero-order valence-corrected chi connectivity index (χ0v) is 20.2. The van der Waals surface area contributed by atoms with E-state index in [1.54, 1.807) is 0 Å². The Labute approximate surface area is 206 Å². The van der Waals surface area contributed by atoms with Crippen molar-refractivity contribution < 1.29 is 4.42 Å². The van der Waals surface area contributed by atoms with Gasteiger partial charge in [-0.1, -0.05) is 63.1 Å². The number of nitrogens with zero attached hydrogens (tertiary/aromatic N) is 2. The molecule has 5 aromatic rings. The lowest BCUT2D eigenvalue weighted by atomic mass is 9.72. The number of nitriles is 1. The van der Waals surface area contributed by atoms with E-state index in [0.29, 0.717) is 11.5 Å². The van der Waals surface area contributed by atoms with Crippen LogP contribution in [-0.2, 0) is 5.41 Å². The van der Waals surface area contributed by atoms with Crippen molar-refractivity contribution >= 4 is 21.9 Å². The maximum Gasteiger partial charge on any atom is 0.145 e. The first kappa shape index (κ1) is 21.6. The van der Waals surface area contributed by atoms with Crippen molar-refractivity contribution in [1.82, 2.24) is 4.98 Å². The number of aromatic nitrogens is 1. The number of fused-ring (bicyclic) bond motifs is 3. The second kappa shape index (κ2) is 8.40. The molecule has 0 radical (unpaired) electrons. The van der Waals surface area contributed by atoms with E-state index in [1.807, 2.05) is 30.5 Å². The molecule has 0 spiro atoms. The fourth-order valence-corrected chi connectivity index (χ4v) is 5.87. The molecule has 172 valence electrons. The van der Waals surface area contributed by atoms with Crippen molar-refractivity contribution in [3.63, 3.8) is 0 Å². The third kappa shape index (κ3) is 3.61. The molecule has 2 heterocycles. The minimum atomic E-state index is 0.104. The first-order valence-electron chi connectivity index (χ1n) is 12.5. The fourth-order valence-electron chi connectivity index (χ4n) is 5.87. The number of rotatable bonds is 4. The summed E-state index contributed by atoms with van der Waals surface area (Å²) in [5, 5.41) is 11.5. The fraction of sp³-hybridized carbons (Fsp3) is 0.250. The second-order valence-corrected chi connectivity index (χ2v) is 10.3. The van der Waals surface area contributed by atoms with E-state index in [0.717, 1.165) is 44.3 Å². The van der Waals surface area contributed by atoms with Gasteiger partial charge < -0.3 is 4.42 Å². The molecule has 0 bridgehead atoms. The number of furan rings is 1. The molecule has 2 aromatic heterocycles. The lowest BCUT2D eigenvalue weighted by Crippen LogP contribution is -2.26. The Kier molecular flexibility index (Phi) is 5.19. The summed E-state index contributed by atoms with van der Waals surface area (Å²) in [6.07, 6.45) is 7.19. The Morgan fingerprint density at radius 2 is 1.69 bits per heavy atom. The maximum atomic E-state index is 9.43. The summed E-state index contributed by atoms with van der Waals surface area (Å²) in [5.74, 6) is 0.703. The molecule has 1 aliphatic carbocycles. The molecule has 1 saturated carbocycles. The molecule has 0 aliphatic heterocycles. The average Bonchev–Trinajstić information content (AvgIpc) is 3.57. The normalized spacial score (nSPS) is 14.5. The van der Waals surface area contributed by atoms with Crippen molar-refractivity contribution in [2.45, 2.75) is 44.9 Å². The van der Waals surface area contributed by atoms with Crippen LogP contribution >= 0.6 is 0 Å². The van der Waals surface area contributed by atoms with Crippen LogP contribution in [0.3, 0.4) is 0 Å². The Morgan fingerprint density at radius 1 is 0.914 bits per heavy atom. The topological polar surface area (TPSA) is 49.8 Å². The minimum Gasteiger partial charge on any atom is -0.455 e. The van der Waals surface area contributed by atoms with Gasteiger partial charge in [-0.25, -0.2) is 0 Å². The van der Waals surface area contributed by atoms with Crippen LogP contribution in [0.15, 0.2) is 83.4 Å². The SMILES string of the molecule is CC(C)(c1ccnc(-c2ccc(-c3ccccc3)c3c2oc2cc(C#N)ccc23)c1)C1CCCC1. The molecule has 1 aliphatic rings. The van der Waals surface area contributed by atoms with E-state index in [2.05, 4.69) is 68.4 Å². The standard InChI is InChI=1S/C32H28N2O/c1-32(2,23-10-6-7-11-23)24-16-17-34-28(19-24)26-15-14-25(22-8-4-3-5-9-22)30-27-13-12-21(20-33)18-29(27)35-31(26)30/h3-5,8-9,12-19,23H,6-7,10-11H2,1-2H3. The van der Waals surface area contributed by atoms with Crippen molar-refractivity contribution in [1.29, 1.82) is 5.26 Å². The lowest BCUT2D eigenvalue weighted by molar-refractivity contribution is 0.325. The maximum absolute atomic E-state index is 9.43.